The number of carbonyl (C=O) groups is 4. The number of halogens is 2. The first kappa shape index (κ1) is 32.1. The summed E-state index contributed by atoms with van der Waals surface area (Å²) >= 11 is 0. The van der Waals surface area contributed by atoms with Gasteiger partial charge in [0.05, 0.1) is 0 Å². The molecule has 4 amide bonds. The maximum Gasteiger partial charge on any atom is 0.399 e. The fourth-order valence-corrected chi connectivity index (χ4v) is 7.22. The topological polar surface area (TPSA) is 163 Å². The molecule has 3 aliphatic rings. The summed E-state index contributed by atoms with van der Waals surface area (Å²) in [5, 5.41) is 2.78. The number of likely N-dealkylation sites (N-methyl/N-ethyl adjacent to an activating group) is 1. The smallest absolute Gasteiger partial charge is 0.351 e. The van der Waals surface area contributed by atoms with E-state index in [0.717, 1.165) is 44.2 Å². The lowest BCUT2D eigenvalue weighted by Gasteiger charge is -2.40. The van der Waals surface area contributed by atoms with Crippen LogP contribution in [0.5, 0.6) is 0 Å². The maximum atomic E-state index is 14.3. The molecule has 0 bridgehead atoms. The lowest BCUT2D eigenvalue weighted by Crippen LogP contribution is -2.61. The first-order chi connectivity index (χ1) is 20.7. The molecule has 1 unspecified atom stereocenters. The standard InChI is InChI=1S/C29H38F2N5O7P/c1-17(37)35-13-12-21-9-11-25(28(40)34(2)20-6-4-3-5-7-20)36(21)27(39)24(16-35)33-26(38)23-15-18-14-19(8-10-22(18)32-23)29(30,31)44(41,42)43/h8,10,14-15,20-21,24-25,32H,3-7,9,11-13,16H2,1-2H3,(H,33,38)(H2,41,42,43)/t21-,24?,25+/m1/s1. The molecule has 1 aromatic carbocycles. The van der Waals surface area contributed by atoms with Crippen LogP contribution >= 0.6 is 7.60 Å². The van der Waals surface area contributed by atoms with E-state index in [4.69, 9.17) is 9.79 Å². The van der Waals surface area contributed by atoms with Gasteiger partial charge in [-0.2, -0.15) is 8.78 Å². The van der Waals surface area contributed by atoms with Crippen LogP contribution < -0.4 is 5.32 Å². The van der Waals surface area contributed by atoms with E-state index in [9.17, 15) is 32.5 Å². The van der Waals surface area contributed by atoms with Crippen molar-refractivity contribution >= 4 is 42.1 Å². The summed E-state index contributed by atoms with van der Waals surface area (Å²) in [5.41, 5.74) is -5.16. The van der Waals surface area contributed by atoms with Crippen LogP contribution in [0.15, 0.2) is 24.3 Å². The van der Waals surface area contributed by atoms with E-state index in [-0.39, 0.29) is 47.0 Å². The first-order valence-electron chi connectivity index (χ1n) is 14.9. The van der Waals surface area contributed by atoms with Crippen LogP contribution in [0.3, 0.4) is 0 Å². The van der Waals surface area contributed by atoms with E-state index in [1.807, 2.05) is 0 Å². The summed E-state index contributed by atoms with van der Waals surface area (Å²) in [6.07, 6.45) is 6.66. The molecule has 0 radical (unpaired) electrons. The Kier molecular flexibility index (Phi) is 8.90. The molecule has 0 spiro atoms. The molecule has 240 valence electrons. The number of hydrogen-bond donors (Lipinski definition) is 4. The fraction of sp³-hybridized carbons (Fsp3) is 0.586. The number of amides is 4. The number of alkyl halides is 2. The van der Waals surface area contributed by atoms with Gasteiger partial charge in [0, 0.05) is 55.6 Å². The third-order valence-corrected chi connectivity index (χ3v) is 10.3. The number of rotatable bonds is 6. The highest BCUT2D eigenvalue weighted by Crippen LogP contribution is 2.59. The van der Waals surface area contributed by atoms with Crippen molar-refractivity contribution in [2.45, 2.75) is 88.1 Å². The predicted octanol–water partition coefficient (Wildman–Crippen LogP) is 2.90. The molecule has 3 fully saturated rings. The number of nitrogens with one attached hydrogen (secondary N) is 2. The second-order valence-electron chi connectivity index (χ2n) is 12.1. The minimum atomic E-state index is -5.79. The SMILES string of the molecule is CC(=O)N1CC[C@H]2CC[C@@H](C(=O)N(C)C3CCCCC3)N2C(=O)C(NC(=O)c2cc3cc(C(F)(F)P(=O)(O)O)ccc3[nH]2)C1. The monoisotopic (exact) mass is 637 g/mol. The molecule has 3 heterocycles. The predicted molar refractivity (Wildman–Crippen MR) is 156 cm³/mol. The molecular weight excluding hydrogens is 599 g/mol. The Bertz CT molecular complexity index is 1500. The van der Waals surface area contributed by atoms with Crippen molar-refractivity contribution < 1.29 is 42.3 Å². The van der Waals surface area contributed by atoms with Crippen molar-refractivity contribution in [3.63, 3.8) is 0 Å². The van der Waals surface area contributed by atoms with Gasteiger partial charge >= 0.3 is 13.3 Å². The Labute approximate surface area is 253 Å². The lowest BCUT2D eigenvalue weighted by atomic mass is 9.94. The number of benzene rings is 1. The van der Waals surface area contributed by atoms with Crippen LogP contribution in [0.1, 0.15) is 74.3 Å². The molecule has 4 N–H and O–H groups in total. The van der Waals surface area contributed by atoms with Gasteiger partial charge in [-0.15, -0.1) is 0 Å². The molecule has 5 rings (SSSR count). The van der Waals surface area contributed by atoms with Gasteiger partial charge in [-0.3, -0.25) is 23.7 Å². The average molecular weight is 638 g/mol. The van der Waals surface area contributed by atoms with E-state index in [2.05, 4.69) is 10.3 Å². The van der Waals surface area contributed by atoms with Gasteiger partial charge in [0.1, 0.15) is 17.8 Å². The zero-order valence-corrected chi connectivity index (χ0v) is 25.6. The van der Waals surface area contributed by atoms with E-state index < -0.39 is 42.7 Å². The molecule has 2 aliphatic heterocycles. The zero-order valence-electron chi connectivity index (χ0n) is 24.7. The van der Waals surface area contributed by atoms with Crippen LogP contribution in [0.25, 0.3) is 10.9 Å². The van der Waals surface area contributed by atoms with Crippen molar-refractivity contribution in [1.82, 2.24) is 25.0 Å². The van der Waals surface area contributed by atoms with E-state index in [0.29, 0.717) is 25.8 Å². The maximum absolute atomic E-state index is 14.3. The summed E-state index contributed by atoms with van der Waals surface area (Å²) in [6, 6.07) is 2.15. The second kappa shape index (κ2) is 12.2. The third-order valence-electron chi connectivity index (χ3n) is 9.27. The molecular formula is C29H38F2N5O7P. The van der Waals surface area contributed by atoms with Gasteiger partial charge in [0.2, 0.25) is 17.7 Å². The fourth-order valence-electron chi connectivity index (χ4n) is 6.74. The van der Waals surface area contributed by atoms with Crippen LogP contribution in [0, 0.1) is 0 Å². The number of H-pyrrole nitrogens is 1. The molecule has 15 heteroatoms. The number of hydrogen-bond acceptors (Lipinski definition) is 5. The zero-order chi connectivity index (χ0) is 32.0. The molecule has 12 nitrogen and oxygen atoms in total. The van der Waals surface area contributed by atoms with Gasteiger partial charge in [-0.25, -0.2) is 0 Å². The minimum Gasteiger partial charge on any atom is -0.351 e. The summed E-state index contributed by atoms with van der Waals surface area (Å²) in [5.74, 6) is -1.61. The summed E-state index contributed by atoms with van der Waals surface area (Å²) in [6.45, 7) is 1.62. The Morgan fingerprint density at radius 2 is 1.77 bits per heavy atom. The highest BCUT2D eigenvalue weighted by atomic mass is 31.2. The van der Waals surface area contributed by atoms with Gasteiger partial charge in [0.15, 0.2) is 0 Å². The van der Waals surface area contributed by atoms with Crippen LogP contribution in [-0.4, -0.2) is 97.4 Å². The van der Waals surface area contributed by atoms with Gasteiger partial charge < -0.3 is 34.8 Å². The molecule has 44 heavy (non-hydrogen) atoms. The quantitative estimate of drug-likeness (QED) is 0.354. The summed E-state index contributed by atoms with van der Waals surface area (Å²) in [7, 11) is -4.01. The normalized spacial score (nSPS) is 23.7. The average Bonchev–Trinajstić information content (AvgIpc) is 3.60. The van der Waals surface area contributed by atoms with Crippen LogP contribution in [0.2, 0.25) is 0 Å². The van der Waals surface area contributed by atoms with E-state index in [1.165, 1.54) is 24.0 Å². The van der Waals surface area contributed by atoms with Gasteiger partial charge in [-0.1, -0.05) is 25.3 Å². The number of nitrogens with zero attached hydrogens (tertiary/aromatic N) is 3. The Balaban J connectivity index is 1.39. The van der Waals surface area contributed by atoms with Crippen molar-refractivity contribution in [2.24, 2.45) is 0 Å². The summed E-state index contributed by atoms with van der Waals surface area (Å²) in [4.78, 5) is 79.4. The van der Waals surface area contributed by atoms with Crippen molar-refractivity contribution in [3.05, 3.63) is 35.5 Å². The third kappa shape index (κ3) is 6.12. The van der Waals surface area contributed by atoms with Crippen molar-refractivity contribution in [2.75, 3.05) is 20.1 Å². The Hall–Kier alpha value is -3.35. The van der Waals surface area contributed by atoms with Gasteiger partial charge in [0.25, 0.3) is 5.91 Å². The second-order valence-corrected chi connectivity index (χ2v) is 13.7. The number of aromatic nitrogens is 1. The van der Waals surface area contributed by atoms with Crippen LogP contribution in [-0.2, 0) is 24.6 Å². The van der Waals surface area contributed by atoms with E-state index in [1.54, 1.807) is 16.8 Å². The molecule has 2 saturated heterocycles. The number of carbonyl (C=O) groups excluding carboxylic acids is 4. The summed E-state index contributed by atoms with van der Waals surface area (Å²) < 4.78 is 39.9. The van der Waals surface area contributed by atoms with Crippen molar-refractivity contribution in [3.8, 4) is 0 Å². The highest BCUT2D eigenvalue weighted by Gasteiger charge is 2.50. The Morgan fingerprint density at radius 3 is 2.43 bits per heavy atom. The lowest BCUT2D eigenvalue weighted by molar-refractivity contribution is -0.149. The molecule has 1 aromatic heterocycles. The number of aromatic amines is 1. The minimum absolute atomic E-state index is 0.0801. The first-order valence-corrected chi connectivity index (χ1v) is 16.5. The van der Waals surface area contributed by atoms with Crippen LogP contribution in [0.4, 0.5) is 8.78 Å². The largest absolute Gasteiger partial charge is 0.399 e. The number of fused-ring (bicyclic) bond motifs is 2. The van der Waals surface area contributed by atoms with Gasteiger partial charge in [-0.05, 0) is 50.3 Å². The molecule has 3 atom stereocenters. The highest BCUT2D eigenvalue weighted by molar-refractivity contribution is 7.52. The molecule has 2 aromatic rings. The molecule has 1 aliphatic carbocycles. The van der Waals surface area contributed by atoms with Crippen molar-refractivity contribution in [1.29, 1.82) is 0 Å². The molecule has 1 saturated carbocycles. The van der Waals surface area contributed by atoms with E-state index >= 15 is 0 Å². The Morgan fingerprint density at radius 1 is 1.07 bits per heavy atom.